The van der Waals surface area contributed by atoms with Crippen LogP contribution in [-0.2, 0) is 19.4 Å². The van der Waals surface area contributed by atoms with E-state index in [1.54, 1.807) is 0 Å². The lowest BCUT2D eigenvalue weighted by atomic mass is 10.0. The van der Waals surface area contributed by atoms with E-state index in [0.717, 1.165) is 38.2 Å². The molecule has 0 saturated carbocycles. The second kappa shape index (κ2) is 7.97. The number of fused-ring (bicyclic) bond motifs is 1. The van der Waals surface area contributed by atoms with Crippen LogP contribution in [0, 0.1) is 0 Å². The average Bonchev–Trinajstić information content (AvgIpc) is 2.62. The van der Waals surface area contributed by atoms with E-state index in [1.807, 2.05) is 12.1 Å². The van der Waals surface area contributed by atoms with Gasteiger partial charge in [0.25, 0.3) is 0 Å². The van der Waals surface area contributed by atoms with E-state index in [1.165, 1.54) is 16.7 Å². The van der Waals surface area contributed by atoms with Crippen LogP contribution in [-0.4, -0.2) is 30.5 Å². The first-order valence-corrected chi connectivity index (χ1v) is 8.69. The Balaban J connectivity index is 1.49. The van der Waals surface area contributed by atoms with Crippen LogP contribution in [0.25, 0.3) is 0 Å². The standard InChI is InChI=1S/C20H26N4/c1-2-16-6-5-9-19(14-16)23-20(21)22-11-13-24-12-10-17-7-3-4-8-18(17)15-24/h3-9,14H,2,10-13,15H2,1H3,(H3,21,22,23). The number of benzene rings is 2. The molecule has 4 heteroatoms. The molecule has 0 atom stereocenters. The first-order chi connectivity index (χ1) is 11.7. The lowest BCUT2D eigenvalue weighted by Crippen LogP contribution is -2.33. The fourth-order valence-corrected chi connectivity index (χ4v) is 3.11. The number of nitrogens with two attached hydrogens (primary N) is 1. The number of anilines is 1. The summed E-state index contributed by atoms with van der Waals surface area (Å²) in [5, 5.41) is 3.18. The quantitative estimate of drug-likeness (QED) is 0.657. The maximum atomic E-state index is 6.01. The van der Waals surface area contributed by atoms with Crippen molar-refractivity contribution in [3.05, 3.63) is 65.2 Å². The normalized spacial score (nSPS) is 15.1. The van der Waals surface area contributed by atoms with Gasteiger partial charge in [-0.3, -0.25) is 9.89 Å². The minimum atomic E-state index is 0.487. The Morgan fingerprint density at radius 1 is 1.17 bits per heavy atom. The van der Waals surface area contributed by atoms with Crippen LogP contribution in [0.1, 0.15) is 23.6 Å². The van der Waals surface area contributed by atoms with Gasteiger partial charge in [0.15, 0.2) is 5.96 Å². The third kappa shape index (κ3) is 4.36. The highest BCUT2D eigenvalue weighted by atomic mass is 15.2. The van der Waals surface area contributed by atoms with Gasteiger partial charge in [0.05, 0.1) is 6.54 Å². The van der Waals surface area contributed by atoms with E-state index in [4.69, 9.17) is 5.73 Å². The molecular weight excluding hydrogens is 296 g/mol. The average molecular weight is 322 g/mol. The van der Waals surface area contributed by atoms with Gasteiger partial charge in [-0.2, -0.15) is 0 Å². The molecule has 0 bridgehead atoms. The number of nitrogens with zero attached hydrogens (tertiary/aromatic N) is 2. The van der Waals surface area contributed by atoms with Crippen LogP contribution >= 0.6 is 0 Å². The summed E-state index contributed by atoms with van der Waals surface area (Å²) in [6.45, 7) is 5.91. The second-order valence-electron chi connectivity index (χ2n) is 6.24. The molecule has 126 valence electrons. The molecule has 3 rings (SSSR count). The molecule has 0 radical (unpaired) electrons. The van der Waals surface area contributed by atoms with Crippen molar-refractivity contribution >= 4 is 11.6 Å². The number of guanidine groups is 1. The van der Waals surface area contributed by atoms with Crippen molar-refractivity contribution in [3.63, 3.8) is 0 Å². The largest absolute Gasteiger partial charge is 0.370 e. The predicted molar refractivity (Wildman–Crippen MR) is 101 cm³/mol. The summed E-state index contributed by atoms with van der Waals surface area (Å²) in [5.41, 5.74) is 11.2. The first kappa shape index (κ1) is 16.5. The van der Waals surface area contributed by atoms with Gasteiger partial charge in [0.1, 0.15) is 0 Å². The molecule has 4 nitrogen and oxygen atoms in total. The van der Waals surface area contributed by atoms with Crippen LogP contribution in [0.5, 0.6) is 0 Å². The number of rotatable bonds is 5. The lowest BCUT2D eigenvalue weighted by Gasteiger charge is -2.28. The smallest absolute Gasteiger partial charge is 0.193 e. The maximum Gasteiger partial charge on any atom is 0.193 e. The molecule has 0 saturated heterocycles. The van der Waals surface area contributed by atoms with Crippen LogP contribution in [0.3, 0.4) is 0 Å². The molecule has 0 unspecified atom stereocenters. The number of aryl methyl sites for hydroxylation is 1. The highest BCUT2D eigenvalue weighted by Crippen LogP contribution is 2.18. The molecule has 0 aromatic heterocycles. The molecular formula is C20H26N4. The van der Waals surface area contributed by atoms with Crippen LogP contribution in [0.15, 0.2) is 53.5 Å². The minimum Gasteiger partial charge on any atom is -0.370 e. The summed E-state index contributed by atoms with van der Waals surface area (Å²) < 4.78 is 0. The maximum absolute atomic E-state index is 6.01. The Morgan fingerprint density at radius 2 is 2.00 bits per heavy atom. The Labute approximate surface area is 144 Å². The Kier molecular flexibility index (Phi) is 5.49. The number of aliphatic imine (C=N–C) groups is 1. The molecule has 2 aromatic carbocycles. The van der Waals surface area contributed by atoms with E-state index in [0.29, 0.717) is 12.5 Å². The van der Waals surface area contributed by atoms with Crippen LogP contribution < -0.4 is 11.1 Å². The molecule has 24 heavy (non-hydrogen) atoms. The van der Waals surface area contributed by atoms with Gasteiger partial charge in [-0.25, -0.2) is 0 Å². The molecule has 0 spiro atoms. The second-order valence-corrected chi connectivity index (χ2v) is 6.24. The van der Waals surface area contributed by atoms with Crippen LogP contribution in [0.4, 0.5) is 5.69 Å². The van der Waals surface area contributed by atoms with Crippen molar-refractivity contribution in [2.24, 2.45) is 10.7 Å². The zero-order valence-corrected chi connectivity index (χ0v) is 14.3. The topological polar surface area (TPSA) is 53.6 Å². The van der Waals surface area contributed by atoms with Crippen molar-refractivity contribution in [1.29, 1.82) is 0 Å². The Bertz CT molecular complexity index is 708. The summed E-state index contributed by atoms with van der Waals surface area (Å²) in [7, 11) is 0. The molecule has 1 heterocycles. The van der Waals surface area contributed by atoms with Crippen LogP contribution in [0.2, 0.25) is 0 Å². The first-order valence-electron chi connectivity index (χ1n) is 8.69. The Hall–Kier alpha value is -2.33. The summed E-state index contributed by atoms with van der Waals surface area (Å²) in [6, 6.07) is 17.0. The lowest BCUT2D eigenvalue weighted by molar-refractivity contribution is 0.262. The van der Waals surface area contributed by atoms with E-state index < -0.39 is 0 Å². The van der Waals surface area contributed by atoms with E-state index in [2.05, 4.69) is 58.5 Å². The third-order valence-corrected chi connectivity index (χ3v) is 4.52. The monoisotopic (exact) mass is 322 g/mol. The van der Waals surface area contributed by atoms with E-state index in [-0.39, 0.29) is 0 Å². The minimum absolute atomic E-state index is 0.487. The fraction of sp³-hybridized carbons (Fsp3) is 0.350. The predicted octanol–water partition coefficient (Wildman–Crippen LogP) is 3.03. The van der Waals surface area contributed by atoms with Gasteiger partial charge >= 0.3 is 0 Å². The van der Waals surface area contributed by atoms with Crippen molar-refractivity contribution < 1.29 is 0 Å². The van der Waals surface area contributed by atoms with Crippen molar-refractivity contribution in [3.8, 4) is 0 Å². The summed E-state index contributed by atoms with van der Waals surface area (Å²) in [6.07, 6.45) is 2.14. The van der Waals surface area contributed by atoms with E-state index in [9.17, 15) is 0 Å². The summed E-state index contributed by atoms with van der Waals surface area (Å²) in [4.78, 5) is 6.91. The van der Waals surface area contributed by atoms with Gasteiger partial charge in [-0.1, -0.05) is 43.3 Å². The summed E-state index contributed by atoms with van der Waals surface area (Å²) >= 11 is 0. The van der Waals surface area contributed by atoms with Gasteiger partial charge in [-0.15, -0.1) is 0 Å². The highest BCUT2D eigenvalue weighted by Gasteiger charge is 2.14. The molecule has 3 N–H and O–H groups in total. The van der Waals surface area contributed by atoms with Gasteiger partial charge < -0.3 is 11.1 Å². The van der Waals surface area contributed by atoms with Crippen molar-refractivity contribution in [1.82, 2.24) is 4.90 Å². The summed E-state index contributed by atoms with van der Waals surface area (Å²) in [5.74, 6) is 0.487. The molecule has 1 aliphatic heterocycles. The number of nitrogens with one attached hydrogen (secondary N) is 1. The fourth-order valence-electron chi connectivity index (χ4n) is 3.11. The molecule has 0 fully saturated rings. The SMILES string of the molecule is CCc1cccc(NC(N)=NCCN2CCc3ccccc3C2)c1. The van der Waals surface area contributed by atoms with Gasteiger partial charge in [0, 0.05) is 25.3 Å². The molecule has 1 aliphatic rings. The van der Waals surface area contributed by atoms with E-state index >= 15 is 0 Å². The zero-order chi connectivity index (χ0) is 16.8. The number of hydrogen-bond donors (Lipinski definition) is 2. The highest BCUT2D eigenvalue weighted by molar-refractivity contribution is 5.92. The molecule has 0 aliphatic carbocycles. The van der Waals surface area contributed by atoms with Gasteiger partial charge in [0.2, 0.25) is 0 Å². The molecule has 0 amide bonds. The van der Waals surface area contributed by atoms with Gasteiger partial charge in [-0.05, 0) is 41.7 Å². The van der Waals surface area contributed by atoms with Crippen molar-refractivity contribution in [2.75, 3.05) is 25.0 Å². The third-order valence-electron chi connectivity index (χ3n) is 4.52. The Morgan fingerprint density at radius 3 is 2.83 bits per heavy atom. The molecule has 2 aromatic rings. The van der Waals surface area contributed by atoms with Crippen molar-refractivity contribution in [2.45, 2.75) is 26.3 Å². The number of hydrogen-bond acceptors (Lipinski definition) is 2. The zero-order valence-electron chi connectivity index (χ0n) is 14.3.